The highest BCUT2D eigenvalue weighted by molar-refractivity contribution is 8.06. The van der Waals surface area contributed by atoms with Gasteiger partial charge in [0.2, 0.25) is 0 Å². The van der Waals surface area contributed by atoms with Gasteiger partial charge in [-0.05, 0) is 48.5 Å². The molecule has 0 heterocycles. The smallest absolute Gasteiger partial charge is 0.366 e. The second kappa shape index (κ2) is 8.09. The number of anilines is 1. The Morgan fingerprint density at radius 2 is 1.00 bits per heavy atom. The summed E-state index contributed by atoms with van der Waals surface area (Å²) in [4.78, 5) is 0. The van der Waals surface area contributed by atoms with E-state index in [2.05, 4.69) is 0 Å². The van der Waals surface area contributed by atoms with Crippen molar-refractivity contribution in [3.8, 4) is 11.5 Å². The van der Waals surface area contributed by atoms with Crippen LogP contribution in [-0.2, 0) is 20.6 Å². The largest absolute Gasteiger partial charge is 0.425 e. The summed E-state index contributed by atoms with van der Waals surface area (Å²) < 4.78 is 61.4. The second-order valence-corrected chi connectivity index (χ2v) is 8.82. The van der Waals surface area contributed by atoms with Crippen molar-refractivity contribution in [2.75, 3.05) is 3.71 Å². The Morgan fingerprint density at radius 3 is 1.39 bits per heavy atom. The average Bonchev–Trinajstić information content (AvgIpc) is 2.64. The van der Waals surface area contributed by atoms with Gasteiger partial charge in [0.15, 0.2) is 0 Å². The van der Waals surface area contributed by atoms with Gasteiger partial charge in [-0.1, -0.05) is 51.7 Å². The Kier molecular flexibility index (Phi) is 5.78. The standard InChI is InChI=1S/C18H14ClNO6S2/c19-15-11-13-16(14-12-15)20(27(21,22)25-17-7-3-1-4-8-17)28(23,24)26-18-9-5-2-6-10-18/h1-14H. The van der Waals surface area contributed by atoms with E-state index >= 15 is 0 Å². The molecular weight excluding hydrogens is 426 g/mol. The summed E-state index contributed by atoms with van der Waals surface area (Å²) in [5.74, 6) is -0.118. The van der Waals surface area contributed by atoms with Gasteiger partial charge >= 0.3 is 20.6 Å². The summed E-state index contributed by atoms with van der Waals surface area (Å²) in [5.41, 5.74) is -0.226. The molecule has 0 aromatic heterocycles. The van der Waals surface area contributed by atoms with Gasteiger partial charge in [0.1, 0.15) is 11.5 Å². The average molecular weight is 440 g/mol. The van der Waals surface area contributed by atoms with E-state index in [-0.39, 0.29) is 20.9 Å². The number of benzene rings is 3. The molecule has 0 unspecified atom stereocenters. The molecular formula is C18H14ClNO6S2. The molecule has 3 aromatic carbocycles. The lowest BCUT2D eigenvalue weighted by Crippen LogP contribution is -2.42. The molecule has 0 saturated heterocycles. The van der Waals surface area contributed by atoms with Crippen LogP contribution in [0.4, 0.5) is 5.69 Å². The lowest BCUT2D eigenvalue weighted by molar-refractivity contribution is 0.469. The molecule has 0 aliphatic carbocycles. The molecule has 0 saturated carbocycles. The first kappa shape index (κ1) is 20.0. The molecule has 0 amide bonds. The minimum Gasteiger partial charge on any atom is -0.366 e. The summed E-state index contributed by atoms with van der Waals surface area (Å²) >= 11 is 5.82. The van der Waals surface area contributed by atoms with Gasteiger partial charge in [0.05, 0.1) is 5.69 Å². The van der Waals surface area contributed by atoms with Crippen molar-refractivity contribution in [2.24, 2.45) is 0 Å². The van der Waals surface area contributed by atoms with Crippen molar-refractivity contribution in [3.05, 3.63) is 90.0 Å². The number of para-hydroxylation sites is 2. The highest BCUT2D eigenvalue weighted by atomic mass is 35.5. The number of halogens is 1. The summed E-state index contributed by atoms with van der Waals surface area (Å²) in [5, 5.41) is 0.298. The Labute approximate surface area is 168 Å². The Balaban J connectivity index is 2.05. The van der Waals surface area contributed by atoms with Crippen LogP contribution in [-0.4, -0.2) is 16.8 Å². The molecule has 0 aliphatic heterocycles. The van der Waals surface area contributed by atoms with Crippen molar-refractivity contribution in [1.82, 2.24) is 0 Å². The van der Waals surface area contributed by atoms with Crippen molar-refractivity contribution in [1.29, 1.82) is 0 Å². The maximum Gasteiger partial charge on any atom is 0.425 e. The van der Waals surface area contributed by atoms with Crippen LogP contribution < -0.4 is 12.1 Å². The van der Waals surface area contributed by atoms with Gasteiger partial charge in [-0.25, -0.2) is 0 Å². The molecule has 3 aromatic rings. The van der Waals surface area contributed by atoms with Crippen LogP contribution in [0.3, 0.4) is 0 Å². The van der Waals surface area contributed by atoms with E-state index in [0.717, 1.165) is 0 Å². The highest BCUT2D eigenvalue weighted by Crippen LogP contribution is 2.28. The van der Waals surface area contributed by atoms with Crippen LogP contribution in [0.2, 0.25) is 5.02 Å². The van der Waals surface area contributed by atoms with Gasteiger partial charge < -0.3 is 8.37 Å². The molecule has 0 bridgehead atoms. The molecule has 0 fully saturated rings. The quantitative estimate of drug-likeness (QED) is 0.556. The Hall–Kier alpha value is -2.75. The van der Waals surface area contributed by atoms with Crippen molar-refractivity contribution >= 4 is 37.9 Å². The zero-order chi connectivity index (χ0) is 20.2. The van der Waals surface area contributed by atoms with E-state index in [1.165, 1.54) is 48.5 Å². The predicted octanol–water partition coefficient (Wildman–Crippen LogP) is 3.79. The van der Waals surface area contributed by atoms with Crippen molar-refractivity contribution in [2.45, 2.75) is 0 Å². The number of nitrogens with zero attached hydrogens (tertiary/aromatic N) is 1. The third-order valence-electron chi connectivity index (χ3n) is 3.33. The number of hydrogen-bond acceptors (Lipinski definition) is 6. The second-order valence-electron chi connectivity index (χ2n) is 5.38. The number of hydrogen-bond donors (Lipinski definition) is 0. The monoisotopic (exact) mass is 439 g/mol. The summed E-state index contributed by atoms with van der Waals surface area (Å²) in [6.07, 6.45) is 0. The molecule has 7 nitrogen and oxygen atoms in total. The summed E-state index contributed by atoms with van der Waals surface area (Å²) in [6, 6.07) is 20.2. The fraction of sp³-hybridized carbons (Fsp3) is 0. The van der Waals surface area contributed by atoms with E-state index in [1.807, 2.05) is 0 Å². The molecule has 0 radical (unpaired) electrons. The molecule has 3 rings (SSSR count). The van der Waals surface area contributed by atoms with Crippen LogP contribution >= 0.6 is 11.6 Å². The van der Waals surface area contributed by atoms with Gasteiger partial charge in [-0.15, -0.1) is 0 Å². The topological polar surface area (TPSA) is 90.0 Å². The van der Waals surface area contributed by atoms with E-state index in [4.69, 9.17) is 20.0 Å². The van der Waals surface area contributed by atoms with E-state index < -0.39 is 20.6 Å². The zero-order valence-corrected chi connectivity index (χ0v) is 16.6. The molecule has 146 valence electrons. The molecule has 0 N–H and O–H groups in total. The fourth-order valence-corrected chi connectivity index (χ4v) is 5.00. The first-order valence-electron chi connectivity index (χ1n) is 7.83. The van der Waals surface area contributed by atoms with Crippen LogP contribution in [0.1, 0.15) is 0 Å². The lowest BCUT2D eigenvalue weighted by atomic mass is 10.3. The van der Waals surface area contributed by atoms with Gasteiger partial charge in [-0.3, -0.25) is 0 Å². The molecule has 0 spiro atoms. The van der Waals surface area contributed by atoms with Crippen molar-refractivity contribution in [3.63, 3.8) is 0 Å². The minimum atomic E-state index is -4.84. The SMILES string of the molecule is O=S(=O)(Oc1ccccc1)N(c1ccc(Cl)cc1)S(=O)(=O)Oc1ccccc1. The lowest BCUT2D eigenvalue weighted by Gasteiger charge is -2.22. The molecule has 0 atom stereocenters. The first-order chi connectivity index (χ1) is 13.3. The van der Waals surface area contributed by atoms with Crippen molar-refractivity contribution < 1.29 is 25.2 Å². The van der Waals surface area contributed by atoms with Crippen LogP contribution in [0, 0.1) is 0 Å². The molecule has 28 heavy (non-hydrogen) atoms. The van der Waals surface area contributed by atoms with Crippen LogP contribution in [0.15, 0.2) is 84.9 Å². The zero-order valence-electron chi connectivity index (χ0n) is 14.2. The maximum absolute atomic E-state index is 12.8. The maximum atomic E-state index is 12.8. The third kappa shape index (κ3) is 4.75. The third-order valence-corrected chi connectivity index (χ3v) is 6.72. The van der Waals surface area contributed by atoms with E-state index in [9.17, 15) is 16.8 Å². The van der Waals surface area contributed by atoms with Crippen LogP contribution in [0.5, 0.6) is 11.5 Å². The number of rotatable bonds is 7. The summed E-state index contributed by atoms with van der Waals surface area (Å²) in [7, 11) is -9.68. The fourth-order valence-electron chi connectivity index (χ4n) is 2.20. The highest BCUT2D eigenvalue weighted by Gasteiger charge is 2.38. The van der Waals surface area contributed by atoms with Gasteiger partial charge in [-0.2, -0.15) is 16.8 Å². The Bertz CT molecular complexity index is 1060. The molecule has 10 heteroatoms. The summed E-state index contributed by atoms with van der Waals surface area (Å²) in [6.45, 7) is 0. The van der Waals surface area contributed by atoms with Gasteiger partial charge in [0.25, 0.3) is 0 Å². The van der Waals surface area contributed by atoms with Gasteiger partial charge in [0, 0.05) is 5.02 Å². The Morgan fingerprint density at radius 1 is 0.607 bits per heavy atom. The first-order valence-corrected chi connectivity index (χ1v) is 10.9. The van der Waals surface area contributed by atoms with E-state index in [1.54, 1.807) is 36.4 Å². The minimum absolute atomic E-state index is 0.0589. The predicted molar refractivity (Wildman–Crippen MR) is 106 cm³/mol. The normalized spacial score (nSPS) is 11.6. The van der Waals surface area contributed by atoms with E-state index in [0.29, 0.717) is 5.02 Å². The van der Waals surface area contributed by atoms with Crippen LogP contribution in [0.25, 0.3) is 0 Å². The molecule has 0 aliphatic rings.